The van der Waals surface area contributed by atoms with Crippen molar-refractivity contribution < 1.29 is 19.4 Å². The fourth-order valence-corrected chi connectivity index (χ4v) is 2.82. The van der Waals surface area contributed by atoms with Crippen molar-refractivity contribution >= 4 is 11.9 Å². The number of carboxylic acid groups (broad SMARTS) is 1. The summed E-state index contributed by atoms with van der Waals surface area (Å²) in [6.07, 6.45) is 5.02. The average Bonchev–Trinajstić information content (AvgIpc) is 2.89. The van der Waals surface area contributed by atoms with E-state index in [1.165, 1.54) is 0 Å². The second-order valence-electron chi connectivity index (χ2n) is 5.28. The lowest BCUT2D eigenvalue weighted by atomic mass is 9.81. The van der Waals surface area contributed by atoms with Crippen LogP contribution in [0.3, 0.4) is 0 Å². The van der Waals surface area contributed by atoms with Gasteiger partial charge in [-0.05, 0) is 32.1 Å². The van der Waals surface area contributed by atoms with E-state index in [0.29, 0.717) is 19.4 Å². The van der Waals surface area contributed by atoms with Crippen molar-refractivity contribution in [3.05, 3.63) is 0 Å². The molecule has 2 rings (SSSR count). The maximum atomic E-state index is 12.0. The van der Waals surface area contributed by atoms with Gasteiger partial charge in [-0.1, -0.05) is 6.42 Å². The molecule has 0 aromatic rings. The zero-order valence-electron chi connectivity index (χ0n) is 10.6. The SMILES string of the molecule is O=C(O)[C@@H]1CCC[C@H](C(=O)NC[C@@H]2CCCO2)C1. The van der Waals surface area contributed by atoms with Gasteiger partial charge in [0.1, 0.15) is 0 Å². The van der Waals surface area contributed by atoms with Gasteiger partial charge in [0, 0.05) is 19.1 Å². The lowest BCUT2D eigenvalue weighted by Crippen LogP contribution is -2.38. The number of nitrogens with one attached hydrogen (secondary N) is 1. The molecule has 3 atom stereocenters. The quantitative estimate of drug-likeness (QED) is 0.790. The topological polar surface area (TPSA) is 75.6 Å². The molecule has 0 bridgehead atoms. The number of aliphatic carboxylic acids is 1. The summed E-state index contributed by atoms with van der Waals surface area (Å²) < 4.78 is 5.44. The number of ether oxygens (including phenoxy) is 1. The molecule has 2 N–H and O–H groups in total. The Bertz CT molecular complexity index is 312. The van der Waals surface area contributed by atoms with Crippen molar-refractivity contribution in [3.63, 3.8) is 0 Å². The van der Waals surface area contributed by atoms with Crippen LogP contribution in [0.1, 0.15) is 38.5 Å². The van der Waals surface area contributed by atoms with Gasteiger partial charge in [-0.2, -0.15) is 0 Å². The van der Waals surface area contributed by atoms with E-state index in [-0.39, 0.29) is 23.8 Å². The normalized spacial score (nSPS) is 32.1. The highest BCUT2D eigenvalue weighted by Gasteiger charge is 2.31. The van der Waals surface area contributed by atoms with Crippen LogP contribution in [0.2, 0.25) is 0 Å². The predicted octanol–water partition coefficient (Wildman–Crippen LogP) is 1.17. The molecule has 0 aromatic heterocycles. The first-order valence-electron chi connectivity index (χ1n) is 6.79. The summed E-state index contributed by atoms with van der Waals surface area (Å²) in [4.78, 5) is 22.9. The molecule has 0 radical (unpaired) electrons. The van der Waals surface area contributed by atoms with Crippen LogP contribution in [0.25, 0.3) is 0 Å². The smallest absolute Gasteiger partial charge is 0.306 e. The first kappa shape index (κ1) is 13.3. The van der Waals surface area contributed by atoms with Crippen LogP contribution in [0.5, 0.6) is 0 Å². The van der Waals surface area contributed by atoms with Crippen LogP contribution in [0, 0.1) is 11.8 Å². The van der Waals surface area contributed by atoms with Crippen molar-refractivity contribution in [1.82, 2.24) is 5.32 Å². The van der Waals surface area contributed by atoms with Crippen LogP contribution in [-0.2, 0) is 14.3 Å². The summed E-state index contributed by atoms with van der Waals surface area (Å²) in [6, 6.07) is 0. The van der Waals surface area contributed by atoms with E-state index in [9.17, 15) is 9.59 Å². The molecule has 1 aliphatic carbocycles. The van der Waals surface area contributed by atoms with Crippen LogP contribution in [0.4, 0.5) is 0 Å². The van der Waals surface area contributed by atoms with Gasteiger partial charge in [0.05, 0.1) is 12.0 Å². The summed E-state index contributed by atoms with van der Waals surface area (Å²) in [6.45, 7) is 1.35. The summed E-state index contributed by atoms with van der Waals surface area (Å²) in [7, 11) is 0. The number of carbonyl (C=O) groups excluding carboxylic acids is 1. The van der Waals surface area contributed by atoms with Gasteiger partial charge >= 0.3 is 5.97 Å². The lowest BCUT2D eigenvalue weighted by molar-refractivity contribution is -0.144. The molecule has 1 aliphatic heterocycles. The Morgan fingerprint density at radius 2 is 1.94 bits per heavy atom. The van der Waals surface area contributed by atoms with Crippen LogP contribution in [-0.4, -0.2) is 36.2 Å². The van der Waals surface area contributed by atoms with Gasteiger partial charge in [-0.3, -0.25) is 9.59 Å². The molecule has 0 unspecified atom stereocenters. The molecule has 5 nitrogen and oxygen atoms in total. The predicted molar refractivity (Wildman–Crippen MR) is 65.1 cm³/mol. The van der Waals surface area contributed by atoms with Crippen molar-refractivity contribution in [2.75, 3.05) is 13.2 Å². The van der Waals surface area contributed by atoms with Crippen molar-refractivity contribution in [1.29, 1.82) is 0 Å². The first-order chi connectivity index (χ1) is 8.66. The minimum atomic E-state index is -0.772. The average molecular weight is 255 g/mol. The van der Waals surface area contributed by atoms with Gasteiger partial charge in [-0.15, -0.1) is 0 Å². The Labute approximate surface area is 107 Å². The Morgan fingerprint density at radius 3 is 2.61 bits per heavy atom. The molecule has 1 saturated carbocycles. The van der Waals surface area contributed by atoms with E-state index in [2.05, 4.69) is 5.32 Å². The van der Waals surface area contributed by atoms with E-state index < -0.39 is 5.97 Å². The fraction of sp³-hybridized carbons (Fsp3) is 0.846. The number of rotatable bonds is 4. The first-order valence-corrected chi connectivity index (χ1v) is 6.79. The summed E-state index contributed by atoms with van der Waals surface area (Å²) in [5, 5.41) is 11.9. The molecule has 18 heavy (non-hydrogen) atoms. The molecular formula is C13H21NO4. The van der Waals surface area contributed by atoms with Crippen LogP contribution in [0.15, 0.2) is 0 Å². The van der Waals surface area contributed by atoms with Crippen molar-refractivity contribution in [2.45, 2.75) is 44.6 Å². The molecule has 1 amide bonds. The number of carbonyl (C=O) groups is 2. The fourth-order valence-electron chi connectivity index (χ4n) is 2.82. The van der Waals surface area contributed by atoms with E-state index >= 15 is 0 Å². The lowest BCUT2D eigenvalue weighted by Gasteiger charge is -2.26. The van der Waals surface area contributed by atoms with E-state index in [0.717, 1.165) is 32.3 Å². The van der Waals surface area contributed by atoms with Gasteiger partial charge in [0.15, 0.2) is 0 Å². The third-order valence-electron chi connectivity index (χ3n) is 3.92. The molecule has 0 aromatic carbocycles. The maximum absolute atomic E-state index is 12.0. The molecule has 5 heteroatoms. The largest absolute Gasteiger partial charge is 0.481 e. The molecule has 1 heterocycles. The van der Waals surface area contributed by atoms with Gasteiger partial charge < -0.3 is 15.2 Å². The third kappa shape index (κ3) is 3.45. The molecular weight excluding hydrogens is 234 g/mol. The highest BCUT2D eigenvalue weighted by molar-refractivity contribution is 5.80. The highest BCUT2D eigenvalue weighted by atomic mass is 16.5. The highest BCUT2D eigenvalue weighted by Crippen LogP contribution is 2.29. The Kier molecular flexibility index (Phi) is 4.58. The standard InChI is InChI=1S/C13H21NO4/c15-12(14-8-11-5-2-6-18-11)9-3-1-4-10(7-9)13(16)17/h9-11H,1-8H2,(H,14,15)(H,16,17)/t9-,10+,11-/m0/s1. The van der Waals surface area contributed by atoms with E-state index in [1.807, 2.05) is 0 Å². The zero-order valence-corrected chi connectivity index (χ0v) is 10.6. The number of hydrogen-bond donors (Lipinski definition) is 2. The van der Waals surface area contributed by atoms with Crippen molar-refractivity contribution in [3.8, 4) is 0 Å². The zero-order chi connectivity index (χ0) is 13.0. The molecule has 102 valence electrons. The minimum absolute atomic E-state index is 0.00329. The summed E-state index contributed by atoms with van der Waals surface area (Å²) in [5.41, 5.74) is 0. The van der Waals surface area contributed by atoms with Crippen molar-refractivity contribution in [2.24, 2.45) is 11.8 Å². The summed E-state index contributed by atoms with van der Waals surface area (Å²) in [5.74, 6) is -1.26. The molecule has 2 fully saturated rings. The number of amides is 1. The monoisotopic (exact) mass is 255 g/mol. The second kappa shape index (κ2) is 6.18. The van der Waals surface area contributed by atoms with Crippen LogP contribution < -0.4 is 5.32 Å². The second-order valence-corrected chi connectivity index (χ2v) is 5.28. The van der Waals surface area contributed by atoms with Gasteiger partial charge in [0.2, 0.25) is 5.91 Å². The van der Waals surface area contributed by atoms with Crippen LogP contribution >= 0.6 is 0 Å². The molecule has 0 spiro atoms. The Hall–Kier alpha value is -1.10. The van der Waals surface area contributed by atoms with E-state index in [1.54, 1.807) is 0 Å². The number of carboxylic acids is 1. The van der Waals surface area contributed by atoms with Gasteiger partial charge in [0.25, 0.3) is 0 Å². The summed E-state index contributed by atoms with van der Waals surface area (Å²) >= 11 is 0. The molecule has 2 aliphatic rings. The van der Waals surface area contributed by atoms with E-state index in [4.69, 9.17) is 9.84 Å². The number of hydrogen-bond acceptors (Lipinski definition) is 3. The van der Waals surface area contributed by atoms with Gasteiger partial charge in [-0.25, -0.2) is 0 Å². The Balaban J connectivity index is 1.75. The molecule has 1 saturated heterocycles. The minimum Gasteiger partial charge on any atom is -0.481 e. The Morgan fingerprint density at radius 1 is 1.17 bits per heavy atom. The maximum Gasteiger partial charge on any atom is 0.306 e. The third-order valence-corrected chi connectivity index (χ3v) is 3.92.